The van der Waals surface area contributed by atoms with Gasteiger partial charge in [0.15, 0.2) is 5.12 Å². The summed E-state index contributed by atoms with van der Waals surface area (Å²) in [7, 11) is 0. The molecule has 6 nitrogen and oxygen atoms in total. The predicted octanol–water partition coefficient (Wildman–Crippen LogP) is 4.12. The molecule has 4 aliphatic carbocycles. The number of hydrogen-bond donors (Lipinski definition) is 1. The van der Waals surface area contributed by atoms with Gasteiger partial charge in [-0.3, -0.25) is 19.3 Å². The minimum atomic E-state index is -0.357. The summed E-state index contributed by atoms with van der Waals surface area (Å²) >= 11 is 1.11. The number of ether oxygens (including phenoxy) is 1. The van der Waals surface area contributed by atoms with Crippen LogP contribution in [-0.4, -0.2) is 69.9 Å². The number of ketones is 2. The summed E-state index contributed by atoms with van der Waals surface area (Å²) in [5, 5.41) is 11.2. The van der Waals surface area contributed by atoms with Crippen molar-refractivity contribution >= 4 is 28.4 Å². The Morgan fingerprint density at radius 3 is 2.56 bits per heavy atom. The highest BCUT2D eigenvalue weighted by molar-refractivity contribution is 8.14. The number of rotatable bonds is 4. The van der Waals surface area contributed by atoms with Gasteiger partial charge >= 0.3 is 0 Å². The van der Waals surface area contributed by atoms with E-state index in [0.29, 0.717) is 36.6 Å². The van der Waals surface area contributed by atoms with Crippen molar-refractivity contribution in [1.29, 1.82) is 0 Å². The van der Waals surface area contributed by atoms with Crippen LogP contribution in [-0.2, 0) is 19.1 Å². The molecule has 202 valence electrons. The van der Waals surface area contributed by atoms with Gasteiger partial charge in [-0.05, 0) is 81.0 Å². The van der Waals surface area contributed by atoms with Gasteiger partial charge in [-0.2, -0.15) is 0 Å². The summed E-state index contributed by atoms with van der Waals surface area (Å²) in [4.78, 5) is 41.1. The summed E-state index contributed by atoms with van der Waals surface area (Å²) in [6, 6.07) is 0.0656. The normalized spacial score (nSPS) is 46.5. The first-order valence-corrected chi connectivity index (χ1v) is 15.1. The number of aliphatic hydroxyl groups excluding tert-OH is 1. The van der Waals surface area contributed by atoms with Gasteiger partial charge in [0.25, 0.3) is 0 Å². The van der Waals surface area contributed by atoms with Crippen LogP contribution in [0.2, 0.25) is 0 Å². The van der Waals surface area contributed by atoms with Crippen molar-refractivity contribution < 1.29 is 24.2 Å². The molecule has 0 amide bonds. The number of hydrogen-bond acceptors (Lipinski definition) is 7. The molecule has 0 aromatic rings. The third-order valence-electron chi connectivity index (χ3n) is 11.1. The molecule has 5 fully saturated rings. The molecule has 5 aliphatic rings. The molecule has 0 aromatic heterocycles. The Hall–Kier alpha value is -0.760. The highest BCUT2D eigenvalue weighted by atomic mass is 32.2. The Labute approximate surface area is 220 Å². The average molecular weight is 520 g/mol. The number of fused-ring (bicyclic) bond motifs is 5. The largest absolute Gasteiger partial charge is 0.391 e. The molecule has 0 radical (unpaired) electrons. The third-order valence-corrected chi connectivity index (χ3v) is 11.9. The molecule has 1 aliphatic heterocycles. The maximum absolute atomic E-state index is 14.1. The molecule has 0 aromatic carbocycles. The molecule has 9 atom stereocenters. The van der Waals surface area contributed by atoms with E-state index in [1.165, 1.54) is 6.92 Å². The Morgan fingerprint density at radius 1 is 1.11 bits per heavy atom. The topological polar surface area (TPSA) is 83.9 Å². The summed E-state index contributed by atoms with van der Waals surface area (Å²) in [5.74, 6) is 1.75. The van der Waals surface area contributed by atoms with Gasteiger partial charge in [0.1, 0.15) is 11.6 Å². The van der Waals surface area contributed by atoms with Crippen molar-refractivity contribution in [1.82, 2.24) is 4.90 Å². The van der Waals surface area contributed by atoms with E-state index in [4.69, 9.17) is 4.74 Å². The van der Waals surface area contributed by atoms with E-state index in [-0.39, 0.29) is 57.1 Å². The monoisotopic (exact) mass is 519 g/mol. The minimum Gasteiger partial charge on any atom is -0.391 e. The number of thioether (sulfide) groups is 1. The van der Waals surface area contributed by atoms with E-state index in [1.807, 2.05) is 0 Å². The molecule has 3 unspecified atom stereocenters. The summed E-state index contributed by atoms with van der Waals surface area (Å²) in [6.07, 6.45) is 5.72. The molecular weight excluding hydrogens is 474 g/mol. The quantitative estimate of drug-likeness (QED) is 0.598. The lowest BCUT2D eigenvalue weighted by Gasteiger charge is -2.62. The van der Waals surface area contributed by atoms with Crippen LogP contribution >= 0.6 is 11.8 Å². The van der Waals surface area contributed by atoms with Gasteiger partial charge in [-0.25, -0.2) is 0 Å². The van der Waals surface area contributed by atoms with Crippen LogP contribution in [0.25, 0.3) is 0 Å². The number of aliphatic hydroxyl groups is 1. The van der Waals surface area contributed by atoms with E-state index in [9.17, 15) is 19.5 Å². The maximum Gasteiger partial charge on any atom is 0.186 e. The average Bonchev–Trinajstić information content (AvgIpc) is 3.13. The zero-order chi connectivity index (χ0) is 26.0. The molecular formula is C29H45NO5S. The van der Waals surface area contributed by atoms with Crippen LogP contribution in [0, 0.1) is 40.4 Å². The van der Waals surface area contributed by atoms with Gasteiger partial charge in [-0.1, -0.05) is 25.6 Å². The fourth-order valence-corrected chi connectivity index (χ4v) is 10.2. The number of Topliss-reactive ketones (excluding diaryl/α,β-unsaturated/α-hetero) is 2. The van der Waals surface area contributed by atoms with Crippen molar-refractivity contribution in [2.75, 3.05) is 25.4 Å². The number of carbonyl (C=O) groups excluding carboxylic acids is 3. The van der Waals surface area contributed by atoms with Crippen molar-refractivity contribution in [2.45, 2.75) is 97.3 Å². The lowest BCUT2D eigenvalue weighted by atomic mass is 9.43. The second-order valence-electron chi connectivity index (χ2n) is 13.7. The molecule has 0 spiro atoms. The van der Waals surface area contributed by atoms with E-state index in [2.05, 4.69) is 32.6 Å². The van der Waals surface area contributed by atoms with Gasteiger partial charge in [0.05, 0.1) is 24.1 Å². The number of nitrogens with zero attached hydrogens (tertiary/aromatic N) is 1. The van der Waals surface area contributed by atoms with Crippen molar-refractivity contribution in [2.24, 2.45) is 40.4 Å². The number of carbonyl (C=O) groups is 3. The lowest BCUT2D eigenvalue weighted by Crippen LogP contribution is -2.64. The molecule has 4 saturated carbocycles. The first-order chi connectivity index (χ1) is 16.9. The van der Waals surface area contributed by atoms with Gasteiger partial charge in [0, 0.05) is 44.3 Å². The van der Waals surface area contributed by atoms with Gasteiger partial charge < -0.3 is 9.84 Å². The van der Waals surface area contributed by atoms with Gasteiger partial charge in [-0.15, -0.1) is 0 Å². The zero-order valence-electron chi connectivity index (χ0n) is 22.8. The Bertz CT molecular complexity index is 921. The fraction of sp³-hybridized carbons (Fsp3) is 0.897. The minimum absolute atomic E-state index is 0.0215. The second-order valence-corrected chi connectivity index (χ2v) is 14.9. The van der Waals surface area contributed by atoms with Crippen LogP contribution in [0.5, 0.6) is 0 Å². The first kappa shape index (κ1) is 26.8. The fourth-order valence-electron chi connectivity index (χ4n) is 9.61. The molecule has 1 saturated heterocycles. The van der Waals surface area contributed by atoms with E-state index >= 15 is 0 Å². The zero-order valence-corrected chi connectivity index (χ0v) is 23.6. The van der Waals surface area contributed by atoms with Gasteiger partial charge in [0.2, 0.25) is 0 Å². The van der Waals surface area contributed by atoms with Crippen molar-refractivity contribution in [3.8, 4) is 0 Å². The highest BCUT2D eigenvalue weighted by Gasteiger charge is 2.65. The standard InChI is InChI=1S/C29H45NO5S/c1-17(31)36-15-25(34)21-9-8-20-19-7-6-18-12-23(32)22(30-10-11-35-27(2,3)16-30)13-28(18,4)26(19)24(33)14-29(20,21)5/h18-23,26,32H,6-16H2,1-5H3/t18?,19-,20-,21+,22?,23?,26+,28-,29-/m0/s1. The Kier molecular flexibility index (Phi) is 7.05. The SMILES string of the molecule is CC(=O)SCC(=O)[C@H]1CC[C@H]2[C@@H]3CCC4CC(O)C(N5CCOC(C)(C)C5)C[C@]4(C)[C@H]3C(=O)C[C@]12C. The molecule has 5 rings (SSSR count). The lowest BCUT2D eigenvalue weighted by molar-refractivity contribution is -0.177. The summed E-state index contributed by atoms with van der Waals surface area (Å²) in [5.41, 5.74) is -0.614. The van der Waals surface area contributed by atoms with Crippen molar-refractivity contribution in [3.63, 3.8) is 0 Å². The van der Waals surface area contributed by atoms with Crippen LogP contribution < -0.4 is 0 Å². The highest BCUT2D eigenvalue weighted by Crippen LogP contribution is 2.66. The molecule has 7 heteroatoms. The Morgan fingerprint density at radius 2 is 1.86 bits per heavy atom. The summed E-state index contributed by atoms with van der Waals surface area (Å²) in [6.45, 7) is 12.6. The Balaban J connectivity index is 1.38. The predicted molar refractivity (Wildman–Crippen MR) is 141 cm³/mol. The smallest absolute Gasteiger partial charge is 0.186 e. The van der Waals surface area contributed by atoms with Crippen LogP contribution in [0.4, 0.5) is 0 Å². The summed E-state index contributed by atoms with van der Waals surface area (Å²) < 4.78 is 5.95. The van der Waals surface area contributed by atoms with Crippen LogP contribution in [0.15, 0.2) is 0 Å². The third kappa shape index (κ3) is 4.44. The first-order valence-electron chi connectivity index (χ1n) is 14.1. The number of morpholine rings is 1. The van der Waals surface area contributed by atoms with E-state index in [0.717, 1.165) is 63.4 Å². The van der Waals surface area contributed by atoms with E-state index < -0.39 is 0 Å². The maximum atomic E-state index is 14.1. The van der Waals surface area contributed by atoms with Crippen LogP contribution in [0.1, 0.15) is 79.6 Å². The van der Waals surface area contributed by atoms with E-state index in [1.54, 1.807) is 0 Å². The molecule has 0 bridgehead atoms. The van der Waals surface area contributed by atoms with Crippen molar-refractivity contribution in [3.05, 3.63) is 0 Å². The molecule has 1 N–H and O–H groups in total. The second kappa shape index (κ2) is 9.46. The van der Waals surface area contributed by atoms with Crippen LogP contribution in [0.3, 0.4) is 0 Å². The molecule has 1 heterocycles. The molecule has 36 heavy (non-hydrogen) atoms.